The lowest BCUT2D eigenvalue weighted by Gasteiger charge is -2.35. The van der Waals surface area contributed by atoms with Gasteiger partial charge >= 0.3 is 0 Å². The quantitative estimate of drug-likeness (QED) is 0.829. The lowest BCUT2D eigenvalue weighted by atomic mass is 10.0. The van der Waals surface area contributed by atoms with Gasteiger partial charge in [0, 0.05) is 31.5 Å². The molecule has 0 spiro atoms. The first-order valence-electron chi connectivity index (χ1n) is 7.77. The van der Waals surface area contributed by atoms with Crippen LogP contribution in [0, 0.1) is 0 Å². The van der Waals surface area contributed by atoms with E-state index in [0.29, 0.717) is 0 Å². The van der Waals surface area contributed by atoms with Crippen molar-refractivity contribution in [3.05, 3.63) is 30.1 Å². The average Bonchev–Trinajstić information content (AvgIpc) is 2.68. The number of rotatable bonds is 3. The molecule has 2 saturated heterocycles. The van der Waals surface area contributed by atoms with Crippen molar-refractivity contribution in [1.29, 1.82) is 0 Å². The van der Waals surface area contributed by atoms with Crippen LogP contribution in [0.25, 0.3) is 0 Å². The van der Waals surface area contributed by atoms with E-state index in [0.717, 1.165) is 12.5 Å². The Labute approximate surface area is 116 Å². The predicted octanol–water partition coefficient (Wildman–Crippen LogP) is 2.18. The maximum absolute atomic E-state index is 4.21. The number of aromatic nitrogens is 1. The van der Waals surface area contributed by atoms with Gasteiger partial charge in [-0.3, -0.25) is 9.88 Å². The normalized spacial score (nSPS) is 25.8. The van der Waals surface area contributed by atoms with Gasteiger partial charge in [-0.15, -0.1) is 0 Å². The first-order valence-corrected chi connectivity index (χ1v) is 7.77. The van der Waals surface area contributed by atoms with Crippen molar-refractivity contribution in [2.24, 2.45) is 0 Å². The molecular formula is C16H25N3. The lowest BCUT2D eigenvalue weighted by molar-refractivity contribution is 0.137. The molecule has 0 radical (unpaired) electrons. The zero-order valence-electron chi connectivity index (χ0n) is 11.8. The Morgan fingerprint density at radius 2 is 2.11 bits per heavy atom. The number of hydrogen-bond donors (Lipinski definition) is 0. The minimum Gasteiger partial charge on any atom is -0.301 e. The molecule has 0 aliphatic carbocycles. The third-order valence-electron chi connectivity index (χ3n) is 4.58. The molecule has 0 N–H and O–H groups in total. The van der Waals surface area contributed by atoms with Crippen LogP contribution in [0.4, 0.5) is 0 Å². The fourth-order valence-corrected chi connectivity index (χ4v) is 3.48. The van der Waals surface area contributed by atoms with Gasteiger partial charge in [-0.25, -0.2) is 0 Å². The average molecular weight is 259 g/mol. The number of piperidine rings is 1. The van der Waals surface area contributed by atoms with E-state index in [1.807, 2.05) is 18.5 Å². The van der Waals surface area contributed by atoms with Crippen molar-refractivity contribution >= 4 is 0 Å². The van der Waals surface area contributed by atoms with E-state index in [1.54, 1.807) is 0 Å². The Balaban J connectivity index is 1.53. The SMILES string of the molecule is c1cncc(CCN2CCCN3CCCCC3C2)c1. The molecule has 1 atom stereocenters. The largest absolute Gasteiger partial charge is 0.301 e. The maximum Gasteiger partial charge on any atom is 0.0300 e. The van der Waals surface area contributed by atoms with Crippen molar-refractivity contribution < 1.29 is 0 Å². The molecule has 2 fully saturated rings. The van der Waals surface area contributed by atoms with Crippen molar-refractivity contribution in [3.8, 4) is 0 Å². The highest BCUT2D eigenvalue weighted by Crippen LogP contribution is 2.21. The monoisotopic (exact) mass is 259 g/mol. The van der Waals surface area contributed by atoms with E-state index in [2.05, 4.69) is 20.9 Å². The van der Waals surface area contributed by atoms with Gasteiger partial charge in [0.25, 0.3) is 0 Å². The Hall–Kier alpha value is -0.930. The minimum atomic E-state index is 0.824. The molecule has 0 saturated carbocycles. The summed E-state index contributed by atoms with van der Waals surface area (Å²) in [6.07, 6.45) is 10.6. The first kappa shape index (κ1) is 13.1. The summed E-state index contributed by atoms with van der Waals surface area (Å²) >= 11 is 0. The number of pyridine rings is 1. The number of hydrogen-bond acceptors (Lipinski definition) is 3. The lowest BCUT2D eigenvalue weighted by Crippen LogP contribution is -2.44. The summed E-state index contributed by atoms with van der Waals surface area (Å²) in [4.78, 5) is 9.61. The Morgan fingerprint density at radius 3 is 3.00 bits per heavy atom. The predicted molar refractivity (Wildman–Crippen MR) is 78.2 cm³/mol. The fraction of sp³-hybridized carbons (Fsp3) is 0.688. The fourth-order valence-electron chi connectivity index (χ4n) is 3.48. The summed E-state index contributed by atoms with van der Waals surface area (Å²) in [5, 5.41) is 0. The Morgan fingerprint density at radius 1 is 1.16 bits per heavy atom. The molecule has 2 aliphatic rings. The van der Waals surface area contributed by atoms with Gasteiger partial charge in [0.2, 0.25) is 0 Å². The second-order valence-corrected chi connectivity index (χ2v) is 5.95. The van der Waals surface area contributed by atoms with Gasteiger partial charge in [-0.1, -0.05) is 12.5 Å². The molecular weight excluding hydrogens is 234 g/mol. The highest BCUT2D eigenvalue weighted by atomic mass is 15.2. The van der Waals surface area contributed by atoms with E-state index in [9.17, 15) is 0 Å². The molecule has 3 rings (SSSR count). The maximum atomic E-state index is 4.21. The van der Waals surface area contributed by atoms with Gasteiger partial charge < -0.3 is 4.90 Å². The smallest absolute Gasteiger partial charge is 0.0300 e. The molecule has 0 aromatic carbocycles. The van der Waals surface area contributed by atoms with Crippen LogP contribution in [0.3, 0.4) is 0 Å². The van der Waals surface area contributed by atoms with Gasteiger partial charge in [-0.05, 0) is 56.9 Å². The van der Waals surface area contributed by atoms with Crippen molar-refractivity contribution in [3.63, 3.8) is 0 Å². The summed E-state index contributed by atoms with van der Waals surface area (Å²) in [5.41, 5.74) is 1.37. The summed E-state index contributed by atoms with van der Waals surface area (Å²) < 4.78 is 0. The van der Waals surface area contributed by atoms with E-state index in [4.69, 9.17) is 0 Å². The molecule has 0 amide bonds. The third kappa shape index (κ3) is 3.54. The van der Waals surface area contributed by atoms with Crippen LogP contribution in [0.1, 0.15) is 31.2 Å². The molecule has 3 nitrogen and oxygen atoms in total. The molecule has 1 aromatic rings. The second kappa shape index (κ2) is 6.49. The van der Waals surface area contributed by atoms with Crippen molar-refractivity contribution in [2.45, 2.75) is 38.1 Å². The van der Waals surface area contributed by atoms with Crippen LogP contribution < -0.4 is 0 Å². The van der Waals surface area contributed by atoms with E-state index < -0.39 is 0 Å². The zero-order chi connectivity index (χ0) is 12.9. The van der Waals surface area contributed by atoms with Crippen LogP contribution in [-0.2, 0) is 6.42 Å². The summed E-state index contributed by atoms with van der Waals surface area (Å²) in [6.45, 7) is 6.39. The van der Waals surface area contributed by atoms with Crippen LogP contribution >= 0.6 is 0 Å². The first-order chi connectivity index (χ1) is 9.42. The highest BCUT2D eigenvalue weighted by molar-refractivity contribution is 5.08. The molecule has 19 heavy (non-hydrogen) atoms. The number of fused-ring (bicyclic) bond motifs is 1. The van der Waals surface area contributed by atoms with Crippen LogP contribution in [0.2, 0.25) is 0 Å². The molecule has 3 heteroatoms. The van der Waals surface area contributed by atoms with Crippen LogP contribution in [0.15, 0.2) is 24.5 Å². The van der Waals surface area contributed by atoms with Crippen LogP contribution in [0.5, 0.6) is 0 Å². The van der Waals surface area contributed by atoms with E-state index >= 15 is 0 Å². The van der Waals surface area contributed by atoms with E-state index in [1.165, 1.54) is 64.0 Å². The minimum absolute atomic E-state index is 0.824. The number of nitrogens with zero attached hydrogens (tertiary/aromatic N) is 3. The molecule has 104 valence electrons. The van der Waals surface area contributed by atoms with Crippen molar-refractivity contribution in [1.82, 2.24) is 14.8 Å². The molecule has 0 bridgehead atoms. The van der Waals surface area contributed by atoms with Crippen molar-refractivity contribution in [2.75, 3.05) is 32.7 Å². The van der Waals surface area contributed by atoms with Gasteiger partial charge in [0.15, 0.2) is 0 Å². The van der Waals surface area contributed by atoms with Crippen LogP contribution in [-0.4, -0.2) is 53.5 Å². The summed E-state index contributed by atoms with van der Waals surface area (Å²) in [6, 6.07) is 5.06. The summed E-state index contributed by atoms with van der Waals surface area (Å²) in [7, 11) is 0. The standard InChI is InChI=1S/C16H25N3/c1-2-10-19-11-4-9-18(14-16(19)6-1)12-7-15-5-3-8-17-13-15/h3,5,8,13,16H,1-2,4,6-7,9-12,14H2. The van der Waals surface area contributed by atoms with Gasteiger partial charge in [-0.2, -0.15) is 0 Å². The Kier molecular flexibility index (Phi) is 4.46. The molecule has 1 aromatic heterocycles. The molecule has 1 unspecified atom stereocenters. The second-order valence-electron chi connectivity index (χ2n) is 5.95. The highest BCUT2D eigenvalue weighted by Gasteiger charge is 2.26. The third-order valence-corrected chi connectivity index (χ3v) is 4.58. The molecule has 2 aliphatic heterocycles. The molecule has 3 heterocycles. The van der Waals surface area contributed by atoms with Gasteiger partial charge in [0.1, 0.15) is 0 Å². The zero-order valence-corrected chi connectivity index (χ0v) is 11.8. The Bertz CT molecular complexity index is 379. The van der Waals surface area contributed by atoms with Gasteiger partial charge in [0.05, 0.1) is 0 Å². The summed E-state index contributed by atoms with van der Waals surface area (Å²) in [5.74, 6) is 0. The topological polar surface area (TPSA) is 19.4 Å². The van der Waals surface area contributed by atoms with E-state index in [-0.39, 0.29) is 0 Å².